The first-order valence-electron chi connectivity index (χ1n) is 10.2. The molecule has 0 spiro atoms. The lowest BCUT2D eigenvalue weighted by Crippen LogP contribution is -2.22. The highest BCUT2D eigenvalue weighted by atomic mass is 35.5. The summed E-state index contributed by atoms with van der Waals surface area (Å²) in [6.07, 6.45) is 0.787. The minimum Gasteiger partial charge on any atom is -0.452 e. The molecule has 2 heterocycles. The van der Waals surface area contributed by atoms with E-state index in [9.17, 15) is 9.59 Å². The third-order valence-electron chi connectivity index (χ3n) is 5.10. The Bertz CT molecular complexity index is 1320. The van der Waals surface area contributed by atoms with Crippen LogP contribution in [0, 0.1) is 6.92 Å². The van der Waals surface area contributed by atoms with Gasteiger partial charge in [0.2, 0.25) is 0 Å². The first kappa shape index (κ1) is 22.0. The number of nitrogens with zero attached hydrogens (tertiary/aromatic N) is 1. The molecule has 4 aromatic rings. The van der Waals surface area contributed by atoms with Crippen molar-refractivity contribution in [3.05, 3.63) is 81.7 Å². The zero-order valence-electron chi connectivity index (χ0n) is 17.6. The fourth-order valence-corrected chi connectivity index (χ4v) is 4.51. The molecule has 0 fully saturated rings. The molecule has 162 valence electrons. The Labute approximate surface area is 195 Å². The van der Waals surface area contributed by atoms with Gasteiger partial charge in [0.05, 0.1) is 26.0 Å². The number of aromatic nitrogens is 1. The van der Waals surface area contributed by atoms with Crippen molar-refractivity contribution >= 4 is 51.4 Å². The lowest BCUT2D eigenvalue weighted by Gasteiger charge is -2.13. The number of hydrogen-bond donors (Lipinski definition) is 1. The van der Waals surface area contributed by atoms with Crippen molar-refractivity contribution in [2.24, 2.45) is 0 Å². The van der Waals surface area contributed by atoms with Crippen LogP contribution in [-0.4, -0.2) is 23.5 Å². The van der Waals surface area contributed by atoms with Gasteiger partial charge in [-0.2, -0.15) is 0 Å². The number of thiophene rings is 1. The molecule has 0 aliphatic heterocycles. The Hall–Kier alpha value is -3.22. The normalized spacial score (nSPS) is 10.8. The predicted molar refractivity (Wildman–Crippen MR) is 130 cm³/mol. The maximum Gasteiger partial charge on any atom is 0.339 e. The number of aryl methyl sites for hydroxylation is 2. The van der Waals surface area contributed by atoms with Gasteiger partial charge in [-0.1, -0.05) is 54.9 Å². The minimum atomic E-state index is -0.580. The molecule has 32 heavy (non-hydrogen) atoms. The number of fused-ring (bicyclic) bond motifs is 1. The summed E-state index contributed by atoms with van der Waals surface area (Å²) in [6.45, 7) is 3.58. The number of nitrogens with one attached hydrogen (secondary N) is 1. The Morgan fingerprint density at radius 3 is 2.66 bits per heavy atom. The number of carbonyl (C=O) groups excluding carboxylic acids is 2. The summed E-state index contributed by atoms with van der Waals surface area (Å²) in [6, 6.07) is 18.5. The van der Waals surface area contributed by atoms with E-state index in [1.807, 2.05) is 62.4 Å². The highest BCUT2D eigenvalue weighted by Gasteiger charge is 2.18. The van der Waals surface area contributed by atoms with Crippen molar-refractivity contribution in [2.45, 2.75) is 20.3 Å². The van der Waals surface area contributed by atoms with E-state index in [1.54, 1.807) is 12.1 Å². The molecule has 0 bridgehead atoms. The van der Waals surface area contributed by atoms with E-state index in [-0.39, 0.29) is 12.5 Å². The maximum atomic E-state index is 12.9. The van der Waals surface area contributed by atoms with Crippen LogP contribution in [0.1, 0.15) is 28.4 Å². The van der Waals surface area contributed by atoms with Gasteiger partial charge in [-0.3, -0.25) is 4.79 Å². The second kappa shape index (κ2) is 9.51. The number of benzene rings is 2. The van der Waals surface area contributed by atoms with Crippen LogP contribution < -0.4 is 5.32 Å². The van der Waals surface area contributed by atoms with E-state index >= 15 is 0 Å². The SMILES string of the molecule is CCc1cccc(C)c1NC(=O)COC(=O)c1cc(-c2ccc(Cl)s2)nc2ccccc12. The summed E-state index contributed by atoms with van der Waals surface area (Å²) in [4.78, 5) is 30.9. The molecule has 1 amide bonds. The zero-order chi connectivity index (χ0) is 22.7. The summed E-state index contributed by atoms with van der Waals surface area (Å²) in [5.41, 5.74) is 4.41. The second-order valence-electron chi connectivity index (χ2n) is 7.26. The molecule has 0 saturated carbocycles. The zero-order valence-corrected chi connectivity index (χ0v) is 19.2. The van der Waals surface area contributed by atoms with E-state index in [1.165, 1.54) is 11.3 Å². The monoisotopic (exact) mass is 464 g/mol. The standard InChI is InChI=1S/C25H21ClN2O3S/c1-3-16-8-6-7-15(2)24(16)28-23(29)14-31-25(30)18-13-20(21-11-12-22(26)32-21)27-19-10-5-4-9-17(18)19/h4-13H,3,14H2,1-2H3,(H,28,29). The fourth-order valence-electron chi connectivity index (χ4n) is 3.51. The van der Waals surface area contributed by atoms with E-state index in [0.717, 1.165) is 28.1 Å². The van der Waals surface area contributed by atoms with Gasteiger partial charge in [0.15, 0.2) is 6.61 Å². The number of amides is 1. The first-order chi connectivity index (χ1) is 15.5. The van der Waals surface area contributed by atoms with Crippen LogP contribution in [-0.2, 0) is 16.0 Å². The number of halogens is 1. The molecule has 4 rings (SSSR count). The van der Waals surface area contributed by atoms with Crippen LogP contribution in [0.2, 0.25) is 4.34 Å². The molecule has 1 N–H and O–H groups in total. The van der Waals surface area contributed by atoms with Crippen LogP contribution in [0.4, 0.5) is 5.69 Å². The molecular formula is C25H21ClN2O3S. The molecule has 0 unspecified atom stereocenters. The third-order valence-corrected chi connectivity index (χ3v) is 6.35. The molecule has 0 aliphatic carbocycles. The smallest absolute Gasteiger partial charge is 0.339 e. The second-order valence-corrected chi connectivity index (χ2v) is 8.98. The maximum absolute atomic E-state index is 12.9. The van der Waals surface area contributed by atoms with Crippen LogP contribution in [0.25, 0.3) is 21.5 Å². The average Bonchev–Trinajstić information content (AvgIpc) is 3.24. The molecule has 0 atom stereocenters. The number of hydrogen-bond acceptors (Lipinski definition) is 5. The molecule has 2 aromatic carbocycles. The van der Waals surface area contributed by atoms with Crippen molar-refractivity contribution in [2.75, 3.05) is 11.9 Å². The van der Waals surface area contributed by atoms with Crippen molar-refractivity contribution in [1.29, 1.82) is 0 Å². The Morgan fingerprint density at radius 2 is 1.91 bits per heavy atom. The van der Waals surface area contributed by atoms with Crippen LogP contribution in [0.5, 0.6) is 0 Å². The van der Waals surface area contributed by atoms with Gasteiger partial charge in [-0.15, -0.1) is 11.3 Å². The molecule has 0 saturated heterocycles. The van der Waals surface area contributed by atoms with Crippen molar-refractivity contribution in [3.63, 3.8) is 0 Å². The summed E-state index contributed by atoms with van der Waals surface area (Å²) >= 11 is 7.45. The van der Waals surface area contributed by atoms with Crippen LogP contribution in [0.15, 0.2) is 60.7 Å². The largest absolute Gasteiger partial charge is 0.452 e. The molecule has 0 aliphatic rings. The number of rotatable bonds is 6. The molecule has 0 radical (unpaired) electrons. The molecule has 7 heteroatoms. The Balaban J connectivity index is 1.56. The number of pyridine rings is 1. The van der Waals surface area contributed by atoms with Gasteiger partial charge in [-0.05, 0) is 48.7 Å². The number of ether oxygens (including phenoxy) is 1. The van der Waals surface area contributed by atoms with Gasteiger partial charge in [0, 0.05) is 11.1 Å². The van der Waals surface area contributed by atoms with E-state index in [2.05, 4.69) is 10.3 Å². The third kappa shape index (κ3) is 4.66. The van der Waals surface area contributed by atoms with E-state index in [4.69, 9.17) is 16.3 Å². The summed E-state index contributed by atoms with van der Waals surface area (Å²) < 4.78 is 6.02. The predicted octanol–water partition coefficient (Wildman–Crippen LogP) is 6.28. The molecule has 2 aromatic heterocycles. The summed E-state index contributed by atoms with van der Waals surface area (Å²) in [5.74, 6) is -0.964. The molecule has 5 nitrogen and oxygen atoms in total. The van der Waals surface area contributed by atoms with Crippen LogP contribution >= 0.6 is 22.9 Å². The highest BCUT2D eigenvalue weighted by Crippen LogP contribution is 2.32. The first-order valence-corrected chi connectivity index (χ1v) is 11.4. The van der Waals surface area contributed by atoms with Crippen molar-refractivity contribution < 1.29 is 14.3 Å². The van der Waals surface area contributed by atoms with Crippen molar-refractivity contribution in [1.82, 2.24) is 4.98 Å². The fraction of sp³-hybridized carbons (Fsp3) is 0.160. The Kier molecular flexibility index (Phi) is 6.53. The summed E-state index contributed by atoms with van der Waals surface area (Å²) in [5, 5.41) is 3.54. The van der Waals surface area contributed by atoms with Gasteiger partial charge in [-0.25, -0.2) is 9.78 Å². The quantitative estimate of drug-likeness (QED) is 0.341. The lowest BCUT2D eigenvalue weighted by atomic mass is 10.1. The van der Waals surface area contributed by atoms with Crippen molar-refractivity contribution in [3.8, 4) is 10.6 Å². The Morgan fingerprint density at radius 1 is 1.09 bits per heavy atom. The van der Waals surface area contributed by atoms with E-state index in [0.29, 0.717) is 26.5 Å². The number of carbonyl (C=O) groups is 2. The van der Waals surface area contributed by atoms with Gasteiger partial charge < -0.3 is 10.1 Å². The van der Waals surface area contributed by atoms with E-state index < -0.39 is 5.97 Å². The van der Waals surface area contributed by atoms with Gasteiger partial charge >= 0.3 is 5.97 Å². The number of anilines is 1. The topological polar surface area (TPSA) is 68.3 Å². The highest BCUT2D eigenvalue weighted by molar-refractivity contribution is 7.19. The average molecular weight is 465 g/mol. The van der Waals surface area contributed by atoms with Gasteiger partial charge in [0.1, 0.15) is 0 Å². The van der Waals surface area contributed by atoms with Crippen LogP contribution in [0.3, 0.4) is 0 Å². The van der Waals surface area contributed by atoms with Gasteiger partial charge in [0.25, 0.3) is 5.91 Å². The number of para-hydroxylation sites is 2. The number of esters is 1. The lowest BCUT2D eigenvalue weighted by molar-refractivity contribution is -0.119. The summed E-state index contributed by atoms with van der Waals surface area (Å²) in [7, 11) is 0. The minimum absolute atomic E-state index is 0.355. The molecular weight excluding hydrogens is 444 g/mol.